The molecule has 0 fully saturated rings. The van der Waals surface area contributed by atoms with Crippen LogP contribution in [0.4, 0.5) is 13.2 Å². The molecule has 0 aliphatic carbocycles. The molecule has 0 aliphatic rings. The molecule has 1 aromatic carbocycles. The second kappa shape index (κ2) is 5.12. The lowest BCUT2D eigenvalue weighted by molar-refractivity contribution is -0.274. The number of aliphatic hydroxyl groups excluding tert-OH is 1. The van der Waals surface area contributed by atoms with E-state index in [1.807, 2.05) is 0 Å². The third-order valence-corrected chi connectivity index (χ3v) is 2.30. The second-order valence-corrected chi connectivity index (χ2v) is 3.62. The van der Waals surface area contributed by atoms with Crippen molar-refractivity contribution >= 4 is 23.2 Å². The van der Waals surface area contributed by atoms with E-state index in [0.717, 1.165) is 6.07 Å². The first-order chi connectivity index (χ1) is 7.33. The van der Waals surface area contributed by atoms with Gasteiger partial charge in [0.2, 0.25) is 0 Å². The van der Waals surface area contributed by atoms with Crippen LogP contribution in [0.5, 0.6) is 5.75 Å². The number of benzene rings is 1. The van der Waals surface area contributed by atoms with E-state index < -0.39 is 18.2 Å². The Morgan fingerprint density at radius 2 is 2.00 bits per heavy atom. The maximum atomic E-state index is 11.9. The molecule has 0 amide bonds. The SMILES string of the molecule is O[C@H](CCl)c1ccc(OC(F)(F)F)c(Cl)c1. The average molecular weight is 275 g/mol. The minimum Gasteiger partial charge on any atom is -0.404 e. The highest BCUT2D eigenvalue weighted by Crippen LogP contribution is 2.32. The topological polar surface area (TPSA) is 29.5 Å². The maximum absolute atomic E-state index is 11.9. The van der Waals surface area contributed by atoms with Crippen LogP contribution in [0.1, 0.15) is 11.7 Å². The normalized spacial score (nSPS) is 13.6. The molecular formula is C9H7Cl2F3O2. The lowest BCUT2D eigenvalue weighted by Crippen LogP contribution is -2.17. The van der Waals surface area contributed by atoms with Gasteiger partial charge in [0.15, 0.2) is 0 Å². The van der Waals surface area contributed by atoms with Crippen LogP contribution in [0.2, 0.25) is 5.02 Å². The standard InChI is InChI=1S/C9H7Cl2F3O2/c10-4-7(15)5-1-2-8(6(11)3-5)16-9(12,13)14/h1-3,7,15H,4H2/t7-/m1/s1. The minimum absolute atomic E-state index is 0.0736. The van der Waals surface area contributed by atoms with Gasteiger partial charge in [-0.15, -0.1) is 24.8 Å². The lowest BCUT2D eigenvalue weighted by Gasteiger charge is -2.12. The zero-order valence-electron chi connectivity index (χ0n) is 7.76. The van der Waals surface area contributed by atoms with E-state index in [2.05, 4.69) is 4.74 Å². The molecule has 0 spiro atoms. The van der Waals surface area contributed by atoms with Crippen molar-refractivity contribution in [2.45, 2.75) is 12.5 Å². The Bertz CT molecular complexity index is 368. The molecular weight excluding hydrogens is 268 g/mol. The molecule has 0 bridgehead atoms. The first-order valence-electron chi connectivity index (χ1n) is 4.12. The molecule has 1 N–H and O–H groups in total. The van der Waals surface area contributed by atoms with Gasteiger partial charge in [-0.2, -0.15) is 0 Å². The summed E-state index contributed by atoms with van der Waals surface area (Å²) in [6.45, 7) is 0. The van der Waals surface area contributed by atoms with Crippen molar-refractivity contribution in [2.75, 3.05) is 5.88 Å². The lowest BCUT2D eigenvalue weighted by atomic mass is 10.1. The Morgan fingerprint density at radius 3 is 2.44 bits per heavy atom. The summed E-state index contributed by atoms with van der Waals surface area (Å²) in [6.07, 6.45) is -5.77. The average Bonchev–Trinajstić information content (AvgIpc) is 2.18. The highest BCUT2D eigenvalue weighted by Gasteiger charge is 2.32. The van der Waals surface area contributed by atoms with Crippen molar-refractivity contribution in [3.05, 3.63) is 28.8 Å². The van der Waals surface area contributed by atoms with Crippen LogP contribution in [0.3, 0.4) is 0 Å². The first-order valence-corrected chi connectivity index (χ1v) is 5.04. The fourth-order valence-electron chi connectivity index (χ4n) is 1.02. The smallest absolute Gasteiger partial charge is 0.404 e. The van der Waals surface area contributed by atoms with Gasteiger partial charge in [-0.1, -0.05) is 17.7 Å². The number of halogens is 5. The van der Waals surface area contributed by atoms with E-state index in [0.29, 0.717) is 5.56 Å². The number of ether oxygens (including phenoxy) is 1. The monoisotopic (exact) mass is 274 g/mol. The van der Waals surface area contributed by atoms with Gasteiger partial charge in [0.25, 0.3) is 0 Å². The van der Waals surface area contributed by atoms with Crippen molar-refractivity contribution in [3.8, 4) is 5.75 Å². The third kappa shape index (κ3) is 3.73. The molecule has 0 heterocycles. The summed E-state index contributed by atoms with van der Waals surface area (Å²) in [5.41, 5.74) is 0.328. The number of aliphatic hydroxyl groups is 1. The Kier molecular flexibility index (Phi) is 4.29. The maximum Gasteiger partial charge on any atom is 0.573 e. The van der Waals surface area contributed by atoms with Gasteiger partial charge in [-0.25, -0.2) is 0 Å². The highest BCUT2D eigenvalue weighted by molar-refractivity contribution is 6.32. The summed E-state index contributed by atoms with van der Waals surface area (Å²) in [4.78, 5) is 0. The summed E-state index contributed by atoms with van der Waals surface area (Å²) in [6, 6.07) is 3.47. The van der Waals surface area contributed by atoms with E-state index in [1.54, 1.807) is 0 Å². The van der Waals surface area contributed by atoms with Gasteiger partial charge in [0, 0.05) is 0 Å². The molecule has 0 unspecified atom stereocenters. The number of hydrogen-bond donors (Lipinski definition) is 1. The zero-order valence-corrected chi connectivity index (χ0v) is 9.27. The van der Waals surface area contributed by atoms with Crippen molar-refractivity contribution in [1.82, 2.24) is 0 Å². The molecule has 0 aliphatic heterocycles. The van der Waals surface area contributed by atoms with Crippen molar-refractivity contribution in [3.63, 3.8) is 0 Å². The number of alkyl halides is 4. The van der Waals surface area contributed by atoms with Gasteiger partial charge in [-0.05, 0) is 17.7 Å². The fourth-order valence-corrected chi connectivity index (χ4v) is 1.43. The van der Waals surface area contributed by atoms with Gasteiger partial charge in [0.1, 0.15) is 5.75 Å². The van der Waals surface area contributed by atoms with Crippen LogP contribution in [-0.4, -0.2) is 17.3 Å². The molecule has 7 heteroatoms. The molecule has 16 heavy (non-hydrogen) atoms. The Hall–Kier alpha value is -0.650. The molecule has 1 aromatic rings. The fraction of sp³-hybridized carbons (Fsp3) is 0.333. The van der Waals surface area contributed by atoms with Crippen LogP contribution in [0.25, 0.3) is 0 Å². The van der Waals surface area contributed by atoms with Gasteiger partial charge < -0.3 is 9.84 Å². The quantitative estimate of drug-likeness (QED) is 0.855. The van der Waals surface area contributed by atoms with Crippen LogP contribution in [-0.2, 0) is 0 Å². The molecule has 2 nitrogen and oxygen atoms in total. The molecule has 0 saturated carbocycles. The van der Waals surface area contributed by atoms with E-state index in [1.165, 1.54) is 12.1 Å². The van der Waals surface area contributed by atoms with Crippen LogP contribution >= 0.6 is 23.2 Å². The second-order valence-electron chi connectivity index (χ2n) is 2.91. The molecule has 0 radical (unpaired) electrons. The van der Waals surface area contributed by atoms with Crippen molar-refractivity contribution in [2.24, 2.45) is 0 Å². The number of rotatable bonds is 3. The molecule has 1 rings (SSSR count). The zero-order chi connectivity index (χ0) is 12.3. The van der Waals surface area contributed by atoms with Gasteiger partial charge >= 0.3 is 6.36 Å². The predicted molar refractivity (Wildman–Crippen MR) is 53.8 cm³/mol. The van der Waals surface area contributed by atoms with Crippen LogP contribution in [0.15, 0.2) is 18.2 Å². The van der Waals surface area contributed by atoms with Crippen LogP contribution in [0, 0.1) is 0 Å². The molecule has 1 atom stereocenters. The first kappa shape index (κ1) is 13.4. The summed E-state index contributed by atoms with van der Waals surface area (Å²) in [7, 11) is 0. The van der Waals surface area contributed by atoms with Gasteiger partial charge in [0.05, 0.1) is 17.0 Å². The molecule has 0 saturated heterocycles. The van der Waals surface area contributed by atoms with E-state index in [4.69, 9.17) is 23.2 Å². The van der Waals surface area contributed by atoms with E-state index >= 15 is 0 Å². The van der Waals surface area contributed by atoms with Crippen molar-refractivity contribution < 1.29 is 23.0 Å². The van der Waals surface area contributed by atoms with E-state index in [-0.39, 0.29) is 10.9 Å². The Morgan fingerprint density at radius 1 is 1.38 bits per heavy atom. The summed E-state index contributed by atoms with van der Waals surface area (Å²) in [5.74, 6) is -0.588. The largest absolute Gasteiger partial charge is 0.573 e. The summed E-state index contributed by atoms with van der Waals surface area (Å²) < 4.78 is 39.3. The Labute approximate surface area is 99.5 Å². The van der Waals surface area contributed by atoms with E-state index in [9.17, 15) is 18.3 Å². The Balaban J connectivity index is 2.92. The predicted octanol–water partition coefficient (Wildman–Crippen LogP) is 3.51. The molecule has 90 valence electrons. The highest BCUT2D eigenvalue weighted by atomic mass is 35.5. The summed E-state index contributed by atoms with van der Waals surface area (Å²) >= 11 is 10.9. The van der Waals surface area contributed by atoms with Gasteiger partial charge in [-0.3, -0.25) is 0 Å². The summed E-state index contributed by atoms with van der Waals surface area (Å²) in [5, 5.41) is 9.09. The molecule has 0 aromatic heterocycles. The number of hydrogen-bond acceptors (Lipinski definition) is 2. The third-order valence-electron chi connectivity index (χ3n) is 1.71. The van der Waals surface area contributed by atoms with Crippen LogP contribution < -0.4 is 4.74 Å². The minimum atomic E-state index is -4.80. The van der Waals surface area contributed by atoms with Crippen molar-refractivity contribution in [1.29, 1.82) is 0 Å².